The summed E-state index contributed by atoms with van der Waals surface area (Å²) in [7, 11) is 1.25. The number of carbonyl (C=O) groups excluding carboxylic acids is 1. The molecule has 3 rings (SSSR count). The Kier molecular flexibility index (Phi) is 4.30. The summed E-state index contributed by atoms with van der Waals surface area (Å²) >= 11 is 0. The molecule has 7 heteroatoms. The number of nitrogens with zero attached hydrogens (tertiary/aromatic N) is 2. The van der Waals surface area contributed by atoms with Crippen LogP contribution in [0.25, 0.3) is 10.9 Å². The van der Waals surface area contributed by atoms with Crippen LogP contribution in [0.1, 0.15) is 11.6 Å². The van der Waals surface area contributed by atoms with Crippen molar-refractivity contribution in [2.75, 3.05) is 7.11 Å². The molecule has 1 unspecified atom stereocenters. The first-order valence-electron chi connectivity index (χ1n) is 7.45. The van der Waals surface area contributed by atoms with Gasteiger partial charge in [-0.25, -0.2) is 4.79 Å². The van der Waals surface area contributed by atoms with E-state index in [-0.39, 0.29) is 5.69 Å². The second-order valence-corrected chi connectivity index (χ2v) is 5.38. The molecule has 0 saturated carbocycles. The number of fused-ring (bicyclic) bond motifs is 1. The first-order valence-corrected chi connectivity index (χ1v) is 7.45. The smallest absolute Gasteiger partial charge is 0.333 e. The van der Waals surface area contributed by atoms with Crippen LogP contribution in [0.15, 0.2) is 65.5 Å². The molecule has 0 amide bonds. The predicted molar refractivity (Wildman–Crippen MR) is 91.5 cm³/mol. The van der Waals surface area contributed by atoms with Gasteiger partial charge in [0.25, 0.3) is 11.2 Å². The zero-order valence-electron chi connectivity index (χ0n) is 13.3. The van der Waals surface area contributed by atoms with E-state index in [0.29, 0.717) is 16.5 Å². The van der Waals surface area contributed by atoms with Gasteiger partial charge in [-0.1, -0.05) is 30.3 Å². The van der Waals surface area contributed by atoms with Crippen LogP contribution >= 0.6 is 0 Å². The fourth-order valence-corrected chi connectivity index (χ4v) is 2.77. The number of non-ortho nitro benzene ring substituents is 1. The lowest BCUT2D eigenvalue weighted by Crippen LogP contribution is -2.31. The normalized spacial score (nSPS) is 11.9. The molecule has 0 aliphatic carbocycles. The number of pyridine rings is 1. The summed E-state index contributed by atoms with van der Waals surface area (Å²) < 4.78 is 6.17. The highest BCUT2D eigenvalue weighted by Crippen LogP contribution is 2.25. The second kappa shape index (κ2) is 6.56. The quantitative estimate of drug-likeness (QED) is 0.414. The Morgan fingerprint density at radius 1 is 1.12 bits per heavy atom. The van der Waals surface area contributed by atoms with E-state index in [1.165, 1.54) is 42.0 Å². The Bertz CT molecular complexity index is 1010. The van der Waals surface area contributed by atoms with Crippen molar-refractivity contribution in [3.8, 4) is 0 Å². The highest BCUT2D eigenvalue weighted by molar-refractivity contribution is 5.85. The van der Waals surface area contributed by atoms with Gasteiger partial charge in [-0.15, -0.1) is 0 Å². The van der Waals surface area contributed by atoms with Crippen LogP contribution in [-0.4, -0.2) is 22.6 Å². The van der Waals surface area contributed by atoms with Crippen LogP contribution in [0.5, 0.6) is 0 Å². The number of benzene rings is 2. The fourth-order valence-electron chi connectivity index (χ4n) is 2.77. The van der Waals surface area contributed by atoms with Gasteiger partial charge in [0.05, 0.1) is 17.5 Å². The predicted octanol–water partition coefficient (Wildman–Crippen LogP) is 2.67. The number of methoxy groups -OCH3 is 1. The minimum atomic E-state index is -0.983. The standard InChI is InChI=1S/C18H14N2O5/c1-25-18(22)17(12-5-3-2-4-6-12)19-15-9-8-14(20(23)24)11-13(15)7-10-16(19)21/h2-11,17H,1H3. The molecule has 25 heavy (non-hydrogen) atoms. The zero-order chi connectivity index (χ0) is 18.0. The van der Waals surface area contributed by atoms with Gasteiger partial charge in [-0.2, -0.15) is 0 Å². The number of nitro benzene ring substituents is 1. The third-order valence-electron chi connectivity index (χ3n) is 3.92. The van der Waals surface area contributed by atoms with Crippen molar-refractivity contribution in [2.45, 2.75) is 6.04 Å². The van der Waals surface area contributed by atoms with Crippen LogP contribution < -0.4 is 5.56 Å². The topological polar surface area (TPSA) is 91.4 Å². The van der Waals surface area contributed by atoms with E-state index in [4.69, 9.17) is 4.74 Å². The van der Waals surface area contributed by atoms with Crippen LogP contribution in [0.4, 0.5) is 5.69 Å². The van der Waals surface area contributed by atoms with Gasteiger partial charge < -0.3 is 4.74 Å². The van der Waals surface area contributed by atoms with E-state index in [1.807, 2.05) is 0 Å². The number of esters is 1. The van der Waals surface area contributed by atoms with Crippen molar-refractivity contribution >= 4 is 22.6 Å². The Balaban J connectivity index is 2.30. The van der Waals surface area contributed by atoms with E-state index >= 15 is 0 Å². The summed E-state index contributed by atoms with van der Waals surface area (Å²) in [6.45, 7) is 0. The lowest BCUT2D eigenvalue weighted by Gasteiger charge is -2.20. The first-order chi connectivity index (χ1) is 12.0. The van der Waals surface area contributed by atoms with Crippen molar-refractivity contribution in [3.63, 3.8) is 0 Å². The Morgan fingerprint density at radius 3 is 2.48 bits per heavy atom. The van der Waals surface area contributed by atoms with Gasteiger partial charge in [-0.3, -0.25) is 19.5 Å². The minimum Gasteiger partial charge on any atom is -0.467 e. The highest BCUT2D eigenvalue weighted by Gasteiger charge is 2.26. The molecule has 3 aromatic rings. The van der Waals surface area contributed by atoms with Crippen molar-refractivity contribution in [1.29, 1.82) is 0 Å². The molecule has 1 aromatic heterocycles. The molecule has 0 spiro atoms. The van der Waals surface area contributed by atoms with Crippen LogP contribution in [0.2, 0.25) is 0 Å². The van der Waals surface area contributed by atoms with Crippen LogP contribution in [0, 0.1) is 10.1 Å². The van der Waals surface area contributed by atoms with Gasteiger partial charge in [0.2, 0.25) is 0 Å². The molecule has 0 fully saturated rings. The summed E-state index contributed by atoms with van der Waals surface area (Å²) in [6.07, 6.45) is 0. The summed E-state index contributed by atoms with van der Waals surface area (Å²) in [5.41, 5.74) is 0.507. The van der Waals surface area contributed by atoms with Gasteiger partial charge in [0.15, 0.2) is 6.04 Å². The minimum absolute atomic E-state index is 0.0907. The molecule has 7 nitrogen and oxygen atoms in total. The monoisotopic (exact) mass is 338 g/mol. The number of hydrogen-bond acceptors (Lipinski definition) is 5. The second-order valence-electron chi connectivity index (χ2n) is 5.38. The Morgan fingerprint density at radius 2 is 1.84 bits per heavy atom. The maximum Gasteiger partial charge on any atom is 0.333 e. The zero-order valence-corrected chi connectivity index (χ0v) is 13.3. The van der Waals surface area contributed by atoms with Crippen LogP contribution in [0.3, 0.4) is 0 Å². The lowest BCUT2D eigenvalue weighted by atomic mass is 10.1. The summed E-state index contributed by atoms with van der Waals surface area (Å²) in [5.74, 6) is -0.598. The van der Waals surface area contributed by atoms with Crippen LogP contribution in [-0.2, 0) is 9.53 Å². The van der Waals surface area contributed by atoms with E-state index in [2.05, 4.69) is 0 Å². The number of rotatable bonds is 4. The van der Waals surface area contributed by atoms with Gasteiger partial charge in [0, 0.05) is 23.6 Å². The number of hydrogen-bond donors (Lipinski definition) is 0. The van der Waals surface area contributed by atoms with Gasteiger partial charge >= 0.3 is 5.97 Å². The van der Waals surface area contributed by atoms with E-state index in [0.717, 1.165) is 0 Å². The Hall–Kier alpha value is -3.48. The lowest BCUT2D eigenvalue weighted by molar-refractivity contribution is -0.384. The van der Waals surface area contributed by atoms with Crippen molar-refractivity contribution < 1.29 is 14.5 Å². The van der Waals surface area contributed by atoms with Gasteiger partial charge in [0.1, 0.15) is 0 Å². The number of nitro groups is 1. The molecule has 0 aliphatic heterocycles. The van der Waals surface area contributed by atoms with E-state index in [1.54, 1.807) is 30.3 Å². The maximum atomic E-state index is 12.5. The average molecular weight is 338 g/mol. The molecule has 1 heterocycles. The largest absolute Gasteiger partial charge is 0.467 e. The van der Waals surface area contributed by atoms with E-state index in [9.17, 15) is 19.7 Å². The van der Waals surface area contributed by atoms with E-state index < -0.39 is 22.5 Å². The molecular weight excluding hydrogens is 324 g/mol. The molecule has 1 atom stereocenters. The maximum absolute atomic E-state index is 12.5. The average Bonchev–Trinajstić information content (AvgIpc) is 2.64. The first kappa shape index (κ1) is 16.4. The highest BCUT2D eigenvalue weighted by atomic mass is 16.6. The molecule has 0 N–H and O–H groups in total. The molecule has 126 valence electrons. The molecule has 0 aliphatic rings. The van der Waals surface area contributed by atoms with Crippen molar-refractivity contribution in [2.24, 2.45) is 0 Å². The third kappa shape index (κ3) is 2.99. The van der Waals surface area contributed by atoms with Crippen molar-refractivity contribution in [3.05, 3.63) is 86.7 Å². The third-order valence-corrected chi connectivity index (χ3v) is 3.92. The molecule has 0 bridgehead atoms. The Labute approximate surface area is 142 Å². The molecule has 2 aromatic carbocycles. The fraction of sp³-hybridized carbons (Fsp3) is 0.111. The summed E-state index contributed by atoms with van der Waals surface area (Å²) in [6, 6.07) is 14.7. The molecule has 0 radical (unpaired) electrons. The summed E-state index contributed by atoms with van der Waals surface area (Å²) in [4.78, 5) is 35.4. The SMILES string of the molecule is COC(=O)C(c1ccccc1)n1c(=O)ccc2cc([N+](=O)[O-])ccc21. The number of carbonyl (C=O) groups is 1. The number of aromatic nitrogens is 1. The van der Waals surface area contributed by atoms with Gasteiger partial charge in [-0.05, 0) is 17.7 Å². The molecular formula is C18H14N2O5. The van der Waals surface area contributed by atoms with Crippen molar-refractivity contribution in [1.82, 2.24) is 4.57 Å². The molecule has 0 saturated heterocycles. The summed E-state index contributed by atoms with van der Waals surface area (Å²) in [5, 5.41) is 11.5. The number of ether oxygens (including phenoxy) is 1.